The molecule has 0 atom stereocenters. The summed E-state index contributed by atoms with van der Waals surface area (Å²) in [6.07, 6.45) is 4.22. The van der Waals surface area contributed by atoms with E-state index in [1.165, 1.54) is 0 Å². The first-order valence-electron chi connectivity index (χ1n) is 4.21. The summed E-state index contributed by atoms with van der Waals surface area (Å²) in [5, 5.41) is 9.32. The molecule has 0 aliphatic heterocycles. The predicted molar refractivity (Wildman–Crippen MR) is 50.2 cm³/mol. The summed E-state index contributed by atoms with van der Waals surface area (Å²) in [5.41, 5.74) is 4.10. The van der Waals surface area contributed by atoms with Crippen molar-refractivity contribution < 1.29 is 14.6 Å². The van der Waals surface area contributed by atoms with Gasteiger partial charge in [0.2, 0.25) is 0 Å². The Hall–Kier alpha value is -1.03. The van der Waals surface area contributed by atoms with Gasteiger partial charge in [0, 0.05) is 0 Å². The normalized spacial score (nSPS) is 11.9. The number of carbonyl (C=O) groups is 1. The van der Waals surface area contributed by atoms with Crippen LogP contribution >= 0.6 is 0 Å². The fraction of sp³-hybridized carbons (Fsp3) is 0.667. The highest BCUT2D eigenvalue weighted by Gasteiger charge is 2.09. The number of ether oxygens (including phenoxy) is 1. The number of nitrogens with two attached hydrogens (primary N) is 1. The van der Waals surface area contributed by atoms with Crippen LogP contribution in [0.5, 0.6) is 0 Å². The van der Waals surface area contributed by atoms with E-state index < -0.39 is 11.7 Å². The number of hydrogen-bond donors (Lipinski definition) is 2. The second-order valence-corrected chi connectivity index (χ2v) is 3.45. The van der Waals surface area contributed by atoms with E-state index in [1.54, 1.807) is 19.9 Å². The third-order valence-corrected chi connectivity index (χ3v) is 1.41. The quantitative estimate of drug-likeness (QED) is 0.635. The number of primary amides is 1. The molecule has 4 nitrogen and oxygen atoms in total. The van der Waals surface area contributed by atoms with E-state index in [1.807, 2.05) is 6.08 Å². The maximum Gasteiger partial charge on any atom is 0.404 e. The van der Waals surface area contributed by atoms with Crippen molar-refractivity contribution in [2.24, 2.45) is 5.73 Å². The lowest BCUT2D eigenvalue weighted by molar-refractivity contribution is 0.0721. The van der Waals surface area contributed by atoms with Crippen LogP contribution in [0.25, 0.3) is 0 Å². The van der Waals surface area contributed by atoms with Crippen molar-refractivity contribution in [2.45, 2.75) is 32.3 Å². The average molecular weight is 187 g/mol. The van der Waals surface area contributed by atoms with Gasteiger partial charge in [0.05, 0.1) is 5.60 Å². The Balaban J connectivity index is 3.38. The molecule has 0 heterocycles. The van der Waals surface area contributed by atoms with Crippen molar-refractivity contribution in [3.63, 3.8) is 0 Å². The highest BCUT2D eigenvalue weighted by atomic mass is 16.5. The fourth-order valence-electron chi connectivity index (χ4n) is 0.753. The van der Waals surface area contributed by atoms with Crippen LogP contribution in [0.15, 0.2) is 12.2 Å². The average Bonchev–Trinajstić information content (AvgIpc) is 1.93. The molecule has 0 aromatic carbocycles. The summed E-state index contributed by atoms with van der Waals surface area (Å²) < 4.78 is 4.46. The Labute approximate surface area is 78.4 Å². The Morgan fingerprint density at radius 3 is 2.62 bits per heavy atom. The molecule has 3 N–H and O–H groups in total. The van der Waals surface area contributed by atoms with Gasteiger partial charge in [-0.3, -0.25) is 0 Å². The molecule has 4 heteroatoms. The van der Waals surface area contributed by atoms with Crippen molar-refractivity contribution in [2.75, 3.05) is 6.61 Å². The van der Waals surface area contributed by atoms with Crippen molar-refractivity contribution >= 4 is 6.09 Å². The van der Waals surface area contributed by atoms with E-state index in [4.69, 9.17) is 5.73 Å². The molecule has 0 rings (SSSR count). The Bertz CT molecular complexity index is 182. The summed E-state index contributed by atoms with van der Waals surface area (Å²) >= 11 is 0. The second kappa shape index (κ2) is 5.59. The molecule has 0 aliphatic rings. The molecule has 76 valence electrons. The van der Waals surface area contributed by atoms with Crippen molar-refractivity contribution in [3.05, 3.63) is 12.2 Å². The van der Waals surface area contributed by atoms with Gasteiger partial charge in [-0.25, -0.2) is 4.79 Å². The van der Waals surface area contributed by atoms with Gasteiger partial charge in [-0.05, 0) is 26.7 Å². The molecular weight excluding hydrogens is 170 g/mol. The van der Waals surface area contributed by atoms with Crippen molar-refractivity contribution in [1.82, 2.24) is 0 Å². The van der Waals surface area contributed by atoms with Crippen molar-refractivity contribution in [3.8, 4) is 0 Å². The van der Waals surface area contributed by atoms with Crippen LogP contribution < -0.4 is 5.73 Å². The third kappa shape index (κ3) is 11.0. The summed E-state index contributed by atoms with van der Waals surface area (Å²) in [6, 6.07) is 0. The van der Waals surface area contributed by atoms with Gasteiger partial charge in [-0.2, -0.15) is 0 Å². The smallest absolute Gasteiger partial charge is 0.404 e. The Morgan fingerprint density at radius 2 is 2.15 bits per heavy atom. The number of aliphatic hydroxyl groups is 1. The largest absolute Gasteiger partial charge is 0.445 e. The lowest BCUT2D eigenvalue weighted by Crippen LogP contribution is -2.17. The molecule has 0 bridgehead atoms. The van der Waals surface area contributed by atoms with Crippen LogP contribution in [-0.4, -0.2) is 23.4 Å². The summed E-state index contributed by atoms with van der Waals surface area (Å²) in [5.74, 6) is 0. The zero-order valence-electron chi connectivity index (χ0n) is 8.12. The van der Waals surface area contributed by atoms with E-state index >= 15 is 0 Å². The number of allylic oxidation sites excluding steroid dienone is 1. The van der Waals surface area contributed by atoms with Crippen LogP contribution in [0.2, 0.25) is 0 Å². The lowest BCUT2D eigenvalue weighted by Gasteiger charge is -2.14. The number of rotatable bonds is 5. The lowest BCUT2D eigenvalue weighted by atomic mass is 10.0. The summed E-state index contributed by atoms with van der Waals surface area (Å²) in [6.45, 7) is 3.70. The minimum atomic E-state index is -0.771. The minimum absolute atomic E-state index is 0.196. The van der Waals surface area contributed by atoms with Gasteiger partial charge in [-0.1, -0.05) is 12.2 Å². The van der Waals surface area contributed by atoms with Gasteiger partial charge in [0.15, 0.2) is 0 Å². The van der Waals surface area contributed by atoms with E-state index in [0.717, 1.165) is 6.42 Å². The van der Waals surface area contributed by atoms with Gasteiger partial charge in [0.25, 0.3) is 0 Å². The first kappa shape index (κ1) is 12.0. The predicted octanol–water partition coefficient (Wildman–Crippen LogP) is 1.19. The number of amides is 1. The standard InChI is InChI=1S/C9H17NO3/c1-9(2,12)6-4-3-5-7-13-8(10)11/h3,5,12H,4,6-7H2,1-2H3,(H2,10,11)/b5-3+. The third-order valence-electron chi connectivity index (χ3n) is 1.41. The zero-order chi connectivity index (χ0) is 10.3. The molecule has 0 unspecified atom stereocenters. The molecule has 0 saturated heterocycles. The van der Waals surface area contributed by atoms with Crippen LogP contribution in [0.4, 0.5) is 4.79 Å². The van der Waals surface area contributed by atoms with E-state index in [2.05, 4.69) is 4.74 Å². The van der Waals surface area contributed by atoms with Gasteiger partial charge in [0.1, 0.15) is 6.61 Å². The molecule has 0 saturated carbocycles. The highest BCUT2D eigenvalue weighted by molar-refractivity contribution is 5.64. The zero-order valence-corrected chi connectivity index (χ0v) is 8.12. The number of hydrogen-bond acceptors (Lipinski definition) is 3. The van der Waals surface area contributed by atoms with E-state index in [9.17, 15) is 9.90 Å². The number of carbonyl (C=O) groups excluding carboxylic acids is 1. The van der Waals surface area contributed by atoms with Gasteiger partial charge < -0.3 is 15.6 Å². The van der Waals surface area contributed by atoms with Crippen LogP contribution in [0, 0.1) is 0 Å². The monoisotopic (exact) mass is 187 g/mol. The van der Waals surface area contributed by atoms with E-state index in [0.29, 0.717) is 6.42 Å². The van der Waals surface area contributed by atoms with Gasteiger partial charge in [-0.15, -0.1) is 0 Å². The Kier molecular flexibility index (Phi) is 5.14. The van der Waals surface area contributed by atoms with Crippen LogP contribution in [0.3, 0.4) is 0 Å². The fourth-order valence-corrected chi connectivity index (χ4v) is 0.753. The summed E-state index contributed by atoms with van der Waals surface area (Å²) in [7, 11) is 0. The summed E-state index contributed by atoms with van der Waals surface area (Å²) in [4.78, 5) is 10.1. The highest BCUT2D eigenvalue weighted by Crippen LogP contribution is 2.09. The molecular formula is C9H17NO3. The van der Waals surface area contributed by atoms with Crippen LogP contribution in [-0.2, 0) is 4.74 Å². The molecule has 1 amide bonds. The molecule has 0 spiro atoms. The molecule has 13 heavy (non-hydrogen) atoms. The van der Waals surface area contributed by atoms with E-state index in [-0.39, 0.29) is 6.61 Å². The van der Waals surface area contributed by atoms with Crippen molar-refractivity contribution in [1.29, 1.82) is 0 Å². The molecule has 0 radical (unpaired) electrons. The first-order valence-corrected chi connectivity index (χ1v) is 4.21. The maximum absolute atomic E-state index is 10.1. The molecule has 0 aliphatic carbocycles. The van der Waals surface area contributed by atoms with Crippen LogP contribution in [0.1, 0.15) is 26.7 Å². The first-order chi connectivity index (χ1) is 5.92. The second-order valence-electron chi connectivity index (χ2n) is 3.45. The van der Waals surface area contributed by atoms with Gasteiger partial charge >= 0.3 is 6.09 Å². The molecule has 0 fully saturated rings. The topological polar surface area (TPSA) is 72.6 Å². The Morgan fingerprint density at radius 1 is 1.54 bits per heavy atom. The maximum atomic E-state index is 10.1. The SMILES string of the molecule is CC(C)(O)CC/C=C/COC(N)=O. The minimum Gasteiger partial charge on any atom is -0.445 e. The molecule has 0 aromatic rings. The molecule has 0 aromatic heterocycles.